The Balaban J connectivity index is 2.91. The average Bonchev–Trinajstić information content (AvgIpc) is 2.34. The molecule has 0 fully saturated rings. The summed E-state index contributed by atoms with van der Waals surface area (Å²) in [4.78, 5) is 11.9. The molecular weight excluding hydrogens is 228 g/mol. The van der Waals surface area contributed by atoms with Crippen LogP contribution in [-0.4, -0.2) is 28.2 Å². The lowest BCUT2D eigenvalue weighted by Crippen LogP contribution is -2.43. The van der Waals surface area contributed by atoms with E-state index in [0.717, 1.165) is 17.6 Å². The highest BCUT2D eigenvalue weighted by Gasteiger charge is 2.35. The zero-order valence-electron chi connectivity index (χ0n) is 11.4. The van der Waals surface area contributed by atoms with E-state index in [9.17, 15) is 15.0 Å². The minimum atomic E-state index is -1.56. The third-order valence-corrected chi connectivity index (χ3v) is 3.88. The first-order valence-electron chi connectivity index (χ1n) is 6.56. The maximum absolute atomic E-state index is 11.9. The number of Topliss-reactive ketones (excluding diaryl/α,β-unsaturated/α-hetero) is 1. The van der Waals surface area contributed by atoms with Crippen LogP contribution >= 0.6 is 0 Å². The maximum Gasteiger partial charge on any atom is 0.167 e. The lowest BCUT2D eigenvalue weighted by Gasteiger charge is -2.28. The van der Waals surface area contributed by atoms with E-state index < -0.39 is 12.2 Å². The van der Waals surface area contributed by atoms with Gasteiger partial charge in [-0.2, -0.15) is 0 Å². The maximum atomic E-state index is 11.9. The molecule has 0 aromatic heterocycles. The summed E-state index contributed by atoms with van der Waals surface area (Å²) in [5.74, 6) is 0.0176. The average molecular weight is 252 g/mol. The number of carbonyl (C=O) groups is 1. The summed E-state index contributed by atoms with van der Waals surface area (Å²) in [6, 6.07) is 0. The smallest absolute Gasteiger partial charge is 0.167 e. The van der Waals surface area contributed by atoms with Crippen molar-refractivity contribution in [2.24, 2.45) is 5.92 Å². The molecule has 3 heteroatoms. The number of ketones is 1. The van der Waals surface area contributed by atoms with Crippen molar-refractivity contribution in [3.8, 4) is 0 Å². The Morgan fingerprint density at radius 1 is 1.56 bits per heavy atom. The molecule has 1 rings (SSSR count). The van der Waals surface area contributed by atoms with E-state index in [0.29, 0.717) is 25.7 Å². The Hall–Kier alpha value is -0.930. The van der Waals surface area contributed by atoms with Gasteiger partial charge in [0.05, 0.1) is 6.61 Å². The van der Waals surface area contributed by atoms with Gasteiger partial charge in [-0.15, -0.1) is 0 Å². The minimum absolute atomic E-state index is 0.250. The predicted molar refractivity (Wildman–Crippen MR) is 72.2 cm³/mol. The molecule has 0 heterocycles. The second-order valence-corrected chi connectivity index (χ2v) is 5.48. The van der Waals surface area contributed by atoms with E-state index in [-0.39, 0.29) is 11.7 Å². The van der Waals surface area contributed by atoms with Crippen LogP contribution in [0.1, 0.15) is 46.0 Å². The lowest BCUT2D eigenvalue weighted by atomic mass is 9.82. The van der Waals surface area contributed by atoms with E-state index in [4.69, 9.17) is 0 Å². The molecule has 1 aliphatic carbocycles. The Morgan fingerprint density at radius 3 is 2.78 bits per heavy atom. The van der Waals surface area contributed by atoms with Crippen molar-refractivity contribution in [2.45, 2.75) is 51.6 Å². The van der Waals surface area contributed by atoms with Crippen LogP contribution in [0.5, 0.6) is 0 Å². The van der Waals surface area contributed by atoms with Gasteiger partial charge in [-0.05, 0) is 45.4 Å². The summed E-state index contributed by atoms with van der Waals surface area (Å²) >= 11 is 0. The molecule has 0 bridgehead atoms. The Kier molecular flexibility index (Phi) is 5.29. The van der Waals surface area contributed by atoms with Crippen LogP contribution in [0.4, 0.5) is 0 Å². The number of rotatable bonds is 2. The van der Waals surface area contributed by atoms with Crippen molar-refractivity contribution in [2.75, 3.05) is 6.61 Å². The summed E-state index contributed by atoms with van der Waals surface area (Å²) in [6.07, 6.45) is 5.02. The van der Waals surface area contributed by atoms with Gasteiger partial charge in [0, 0.05) is 6.42 Å². The fourth-order valence-corrected chi connectivity index (χ4v) is 2.27. The standard InChI is InChI=1S/C15H24O3/c1-11(2)13-6-4-12(3)5-7-14(17)15(18,10-16)9-8-13/h4,13,16,18H,1,5-10H2,2-3H3. The fourth-order valence-electron chi connectivity index (χ4n) is 2.27. The fraction of sp³-hybridized carbons (Fsp3) is 0.667. The first-order chi connectivity index (χ1) is 8.39. The second kappa shape index (κ2) is 6.30. The minimum Gasteiger partial charge on any atom is -0.393 e. The first-order valence-corrected chi connectivity index (χ1v) is 6.56. The SMILES string of the molecule is C=C(C)C1CC=C(C)CCC(=O)C(O)(CO)CC1. The molecule has 2 atom stereocenters. The van der Waals surface area contributed by atoms with Crippen LogP contribution in [0.15, 0.2) is 23.8 Å². The number of aliphatic hydroxyl groups is 2. The van der Waals surface area contributed by atoms with Crippen LogP contribution in [0.3, 0.4) is 0 Å². The molecule has 0 aromatic carbocycles. The normalized spacial score (nSPS) is 30.8. The third kappa shape index (κ3) is 3.79. The molecule has 0 saturated heterocycles. The van der Waals surface area contributed by atoms with Gasteiger partial charge in [-0.1, -0.05) is 23.8 Å². The number of allylic oxidation sites excluding steroid dienone is 3. The van der Waals surface area contributed by atoms with Crippen molar-refractivity contribution in [1.82, 2.24) is 0 Å². The molecular formula is C15H24O3. The van der Waals surface area contributed by atoms with E-state index in [2.05, 4.69) is 12.7 Å². The molecule has 0 spiro atoms. The van der Waals surface area contributed by atoms with Gasteiger partial charge in [0.25, 0.3) is 0 Å². The molecule has 0 amide bonds. The zero-order chi connectivity index (χ0) is 13.8. The molecule has 0 saturated carbocycles. The first kappa shape index (κ1) is 15.1. The van der Waals surface area contributed by atoms with Gasteiger partial charge in [0.2, 0.25) is 0 Å². The molecule has 0 aliphatic heterocycles. The molecule has 102 valence electrons. The van der Waals surface area contributed by atoms with Gasteiger partial charge >= 0.3 is 0 Å². The highest BCUT2D eigenvalue weighted by Crippen LogP contribution is 2.28. The van der Waals surface area contributed by atoms with Crippen LogP contribution in [-0.2, 0) is 4.79 Å². The summed E-state index contributed by atoms with van der Waals surface area (Å²) in [7, 11) is 0. The molecule has 3 nitrogen and oxygen atoms in total. The number of carbonyl (C=O) groups excluding carboxylic acids is 1. The van der Waals surface area contributed by atoms with Crippen molar-refractivity contribution in [3.05, 3.63) is 23.8 Å². The van der Waals surface area contributed by atoms with Crippen LogP contribution in [0.2, 0.25) is 0 Å². The van der Waals surface area contributed by atoms with Gasteiger partial charge in [0.15, 0.2) is 5.78 Å². The number of hydrogen-bond acceptors (Lipinski definition) is 3. The van der Waals surface area contributed by atoms with E-state index >= 15 is 0 Å². The van der Waals surface area contributed by atoms with Gasteiger partial charge in [-0.3, -0.25) is 4.79 Å². The van der Waals surface area contributed by atoms with E-state index in [1.807, 2.05) is 13.8 Å². The van der Waals surface area contributed by atoms with Crippen LogP contribution in [0, 0.1) is 5.92 Å². The highest BCUT2D eigenvalue weighted by molar-refractivity contribution is 5.87. The van der Waals surface area contributed by atoms with Gasteiger partial charge < -0.3 is 10.2 Å². The molecule has 2 unspecified atom stereocenters. The lowest BCUT2D eigenvalue weighted by molar-refractivity contribution is -0.142. The monoisotopic (exact) mass is 252 g/mol. The van der Waals surface area contributed by atoms with Crippen LogP contribution < -0.4 is 0 Å². The predicted octanol–water partition coefficient (Wildman–Crippen LogP) is 2.38. The molecule has 0 radical (unpaired) electrons. The molecule has 0 aromatic rings. The quantitative estimate of drug-likeness (QED) is 0.742. The zero-order valence-corrected chi connectivity index (χ0v) is 11.4. The number of hydrogen-bond donors (Lipinski definition) is 2. The third-order valence-electron chi connectivity index (χ3n) is 3.88. The topological polar surface area (TPSA) is 57.5 Å². The Labute approximate surface area is 109 Å². The Bertz CT molecular complexity index is 357. The highest BCUT2D eigenvalue weighted by atomic mass is 16.3. The molecule has 2 N–H and O–H groups in total. The second-order valence-electron chi connectivity index (χ2n) is 5.48. The van der Waals surface area contributed by atoms with Crippen molar-refractivity contribution in [1.29, 1.82) is 0 Å². The number of aliphatic hydroxyl groups excluding tert-OH is 1. The Morgan fingerprint density at radius 2 is 2.22 bits per heavy atom. The van der Waals surface area contributed by atoms with E-state index in [1.165, 1.54) is 0 Å². The summed E-state index contributed by atoms with van der Waals surface area (Å²) in [5.41, 5.74) is 0.662. The summed E-state index contributed by atoms with van der Waals surface area (Å²) in [6.45, 7) is 7.45. The van der Waals surface area contributed by atoms with Crippen LogP contribution in [0.25, 0.3) is 0 Å². The van der Waals surface area contributed by atoms with Gasteiger partial charge in [0.1, 0.15) is 5.60 Å². The van der Waals surface area contributed by atoms with Gasteiger partial charge in [-0.25, -0.2) is 0 Å². The van der Waals surface area contributed by atoms with Crippen molar-refractivity contribution in [3.63, 3.8) is 0 Å². The van der Waals surface area contributed by atoms with Crippen molar-refractivity contribution < 1.29 is 15.0 Å². The largest absolute Gasteiger partial charge is 0.393 e. The summed E-state index contributed by atoms with van der Waals surface area (Å²) in [5, 5.41) is 19.5. The van der Waals surface area contributed by atoms with E-state index in [1.54, 1.807) is 0 Å². The summed E-state index contributed by atoms with van der Waals surface area (Å²) < 4.78 is 0. The molecule has 1 aliphatic rings. The molecule has 18 heavy (non-hydrogen) atoms. The van der Waals surface area contributed by atoms with Crippen molar-refractivity contribution >= 4 is 5.78 Å².